The van der Waals surface area contributed by atoms with Crippen LogP contribution in [-0.2, 0) is 4.79 Å². The molecule has 28 heavy (non-hydrogen) atoms. The van der Waals surface area contributed by atoms with E-state index in [9.17, 15) is 4.79 Å². The Kier molecular flexibility index (Phi) is 6.58. The molecular weight excluding hydrogens is 382 g/mol. The van der Waals surface area contributed by atoms with Crippen LogP contribution in [0.15, 0.2) is 28.5 Å². The summed E-state index contributed by atoms with van der Waals surface area (Å²) in [5.41, 5.74) is 4.49. The lowest BCUT2D eigenvalue weighted by Gasteiger charge is -2.11. The fourth-order valence-electron chi connectivity index (χ4n) is 2.69. The zero-order chi connectivity index (χ0) is 19.9. The van der Waals surface area contributed by atoms with Crippen LogP contribution in [0, 0.1) is 0 Å². The molecule has 1 aromatic heterocycles. The first-order chi connectivity index (χ1) is 13.6. The molecule has 0 saturated heterocycles. The van der Waals surface area contributed by atoms with E-state index in [1.54, 1.807) is 25.3 Å². The van der Waals surface area contributed by atoms with Crippen LogP contribution in [0.1, 0.15) is 25.7 Å². The van der Waals surface area contributed by atoms with Crippen molar-refractivity contribution in [3.63, 3.8) is 0 Å². The molecule has 10 nitrogen and oxygen atoms in total. The smallest absolute Gasteiger partial charge is 0.264 e. The van der Waals surface area contributed by atoms with Crippen molar-refractivity contribution in [3.05, 3.63) is 18.2 Å². The van der Waals surface area contributed by atoms with Gasteiger partial charge in [0.25, 0.3) is 5.95 Å². The predicted octanol–water partition coefficient (Wildman–Crippen LogP) is 2.08. The van der Waals surface area contributed by atoms with Crippen LogP contribution in [0.4, 0.5) is 11.6 Å². The summed E-state index contributed by atoms with van der Waals surface area (Å²) in [6.45, 7) is 0. The summed E-state index contributed by atoms with van der Waals surface area (Å²) in [6.07, 6.45) is 4.29. The number of rotatable bonds is 8. The molecule has 0 atom stereocenters. The van der Waals surface area contributed by atoms with Gasteiger partial charge in [-0.25, -0.2) is 10.1 Å². The Bertz CT molecular complexity index is 860. The maximum absolute atomic E-state index is 12.3. The number of carbonyl (C=O) groups is 1. The van der Waals surface area contributed by atoms with E-state index in [1.165, 1.54) is 23.5 Å². The Morgan fingerprint density at radius 2 is 2.07 bits per heavy atom. The van der Waals surface area contributed by atoms with Gasteiger partial charge in [0.1, 0.15) is 11.5 Å². The number of amides is 1. The van der Waals surface area contributed by atoms with Crippen LogP contribution >= 0.6 is 11.8 Å². The summed E-state index contributed by atoms with van der Waals surface area (Å²) >= 11 is 1.17. The molecule has 0 aliphatic heterocycles. The normalized spacial score (nSPS) is 13.3. The minimum Gasteiger partial charge on any atom is -0.497 e. The second kappa shape index (κ2) is 9.31. The Labute approximate surface area is 166 Å². The SMILES string of the molecule is COc1ccc(NC(=O)CSc2nnc(NN=C3CCCC3)n2N)c(OC)c1. The quantitative estimate of drug-likeness (QED) is 0.346. The van der Waals surface area contributed by atoms with E-state index < -0.39 is 0 Å². The number of benzene rings is 1. The molecule has 0 unspecified atom stereocenters. The zero-order valence-electron chi connectivity index (χ0n) is 15.8. The molecule has 0 radical (unpaired) electrons. The maximum Gasteiger partial charge on any atom is 0.264 e. The fraction of sp³-hybridized carbons (Fsp3) is 0.412. The topological polar surface area (TPSA) is 129 Å². The zero-order valence-corrected chi connectivity index (χ0v) is 16.6. The number of nitrogens with one attached hydrogen (secondary N) is 2. The summed E-state index contributed by atoms with van der Waals surface area (Å²) in [5.74, 6) is 7.35. The molecular formula is C17H23N7O3S. The number of methoxy groups -OCH3 is 2. The minimum atomic E-state index is -0.225. The summed E-state index contributed by atoms with van der Waals surface area (Å²) in [7, 11) is 3.09. The Morgan fingerprint density at radius 1 is 1.29 bits per heavy atom. The van der Waals surface area contributed by atoms with E-state index in [2.05, 4.69) is 26.0 Å². The van der Waals surface area contributed by atoms with Crippen LogP contribution in [0.3, 0.4) is 0 Å². The highest BCUT2D eigenvalue weighted by atomic mass is 32.2. The van der Waals surface area contributed by atoms with Crippen molar-refractivity contribution in [2.45, 2.75) is 30.8 Å². The predicted molar refractivity (Wildman–Crippen MR) is 109 cm³/mol. The van der Waals surface area contributed by atoms with Crippen LogP contribution in [-0.4, -0.2) is 46.5 Å². The van der Waals surface area contributed by atoms with Gasteiger partial charge in [-0.2, -0.15) is 5.10 Å². The number of hydrazone groups is 1. The van der Waals surface area contributed by atoms with Crippen molar-refractivity contribution in [3.8, 4) is 11.5 Å². The van der Waals surface area contributed by atoms with Gasteiger partial charge in [-0.1, -0.05) is 11.8 Å². The van der Waals surface area contributed by atoms with Crippen molar-refractivity contribution in [1.29, 1.82) is 0 Å². The Hall–Kier alpha value is -2.95. The van der Waals surface area contributed by atoms with Gasteiger partial charge in [-0.3, -0.25) is 4.79 Å². The largest absolute Gasteiger partial charge is 0.497 e. The number of aromatic nitrogens is 3. The molecule has 1 fully saturated rings. The summed E-state index contributed by atoms with van der Waals surface area (Å²) in [4.78, 5) is 12.3. The summed E-state index contributed by atoms with van der Waals surface area (Å²) < 4.78 is 11.7. The third kappa shape index (κ3) is 4.85. The van der Waals surface area contributed by atoms with Crippen molar-refractivity contribution >= 4 is 35.0 Å². The molecule has 1 aromatic carbocycles. The Morgan fingerprint density at radius 3 is 2.79 bits per heavy atom. The number of nitrogens with two attached hydrogens (primary N) is 1. The number of hydrogen-bond acceptors (Lipinski definition) is 9. The van der Waals surface area contributed by atoms with E-state index in [0.29, 0.717) is 28.3 Å². The van der Waals surface area contributed by atoms with Crippen molar-refractivity contribution in [2.75, 3.05) is 36.6 Å². The standard InChI is InChI=1S/C17H23N7O3S/c1-26-12-7-8-13(14(9-12)27-2)19-15(25)10-28-17-23-22-16(24(17)18)21-20-11-5-3-4-6-11/h7-9H,3-6,10,18H2,1-2H3,(H,19,25)(H,21,22). The molecule has 1 heterocycles. The lowest BCUT2D eigenvalue weighted by atomic mass is 10.2. The number of anilines is 2. The fourth-order valence-corrected chi connectivity index (χ4v) is 3.35. The van der Waals surface area contributed by atoms with Gasteiger partial charge in [0.15, 0.2) is 0 Å². The van der Waals surface area contributed by atoms with Crippen LogP contribution in [0.2, 0.25) is 0 Å². The molecule has 150 valence electrons. The molecule has 2 aromatic rings. The first kappa shape index (κ1) is 19.8. The summed E-state index contributed by atoms with van der Waals surface area (Å²) in [6, 6.07) is 5.16. The van der Waals surface area contributed by atoms with Gasteiger partial charge in [-0.05, 0) is 37.8 Å². The van der Waals surface area contributed by atoms with E-state index in [-0.39, 0.29) is 11.7 Å². The average Bonchev–Trinajstić information content (AvgIpc) is 3.35. The first-order valence-corrected chi connectivity index (χ1v) is 9.76. The molecule has 4 N–H and O–H groups in total. The third-order valence-electron chi connectivity index (χ3n) is 4.17. The molecule has 1 amide bonds. The van der Waals surface area contributed by atoms with E-state index in [0.717, 1.165) is 31.4 Å². The lowest BCUT2D eigenvalue weighted by Crippen LogP contribution is -2.17. The van der Waals surface area contributed by atoms with Gasteiger partial charge in [-0.15, -0.1) is 10.2 Å². The van der Waals surface area contributed by atoms with E-state index in [4.69, 9.17) is 15.3 Å². The Balaban J connectivity index is 1.55. The van der Waals surface area contributed by atoms with Crippen LogP contribution in [0.25, 0.3) is 0 Å². The number of carbonyl (C=O) groups excluding carboxylic acids is 1. The van der Waals surface area contributed by atoms with Gasteiger partial charge in [0.05, 0.1) is 25.7 Å². The highest BCUT2D eigenvalue weighted by Crippen LogP contribution is 2.29. The first-order valence-electron chi connectivity index (χ1n) is 8.77. The number of nitrogen functional groups attached to an aromatic ring is 1. The summed E-state index contributed by atoms with van der Waals surface area (Å²) in [5, 5.41) is 15.5. The minimum absolute atomic E-state index is 0.110. The molecule has 1 aliphatic carbocycles. The second-order valence-electron chi connectivity index (χ2n) is 6.08. The average molecular weight is 405 g/mol. The molecule has 1 aliphatic rings. The highest BCUT2D eigenvalue weighted by molar-refractivity contribution is 7.99. The van der Waals surface area contributed by atoms with Gasteiger partial charge < -0.3 is 20.6 Å². The lowest BCUT2D eigenvalue weighted by molar-refractivity contribution is -0.113. The van der Waals surface area contributed by atoms with E-state index in [1.807, 2.05) is 0 Å². The molecule has 0 spiro atoms. The van der Waals surface area contributed by atoms with Crippen molar-refractivity contribution in [1.82, 2.24) is 14.9 Å². The molecule has 0 bridgehead atoms. The molecule has 11 heteroatoms. The van der Waals surface area contributed by atoms with Gasteiger partial charge >= 0.3 is 0 Å². The van der Waals surface area contributed by atoms with Crippen LogP contribution in [0.5, 0.6) is 11.5 Å². The van der Waals surface area contributed by atoms with Gasteiger partial charge in [0.2, 0.25) is 11.1 Å². The van der Waals surface area contributed by atoms with Crippen molar-refractivity contribution in [2.24, 2.45) is 5.10 Å². The second-order valence-corrected chi connectivity index (χ2v) is 7.02. The number of ether oxygens (including phenoxy) is 2. The maximum atomic E-state index is 12.3. The number of thioether (sulfide) groups is 1. The molecule has 3 rings (SSSR count). The monoisotopic (exact) mass is 405 g/mol. The molecule has 1 saturated carbocycles. The highest BCUT2D eigenvalue weighted by Gasteiger charge is 2.14. The number of nitrogens with zero attached hydrogens (tertiary/aromatic N) is 4. The van der Waals surface area contributed by atoms with Crippen molar-refractivity contribution < 1.29 is 14.3 Å². The number of hydrogen-bond donors (Lipinski definition) is 3. The van der Waals surface area contributed by atoms with Gasteiger partial charge in [0, 0.05) is 11.8 Å². The van der Waals surface area contributed by atoms with E-state index >= 15 is 0 Å². The van der Waals surface area contributed by atoms with Crippen LogP contribution < -0.4 is 26.1 Å². The third-order valence-corrected chi connectivity index (χ3v) is 5.12.